The number of rotatable bonds is 4. The van der Waals surface area contributed by atoms with Crippen LogP contribution < -0.4 is 4.74 Å². The van der Waals surface area contributed by atoms with Gasteiger partial charge in [-0.25, -0.2) is 4.98 Å². The maximum Gasteiger partial charge on any atom is 0.573 e. The lowest BCUT2D eigenvalue weighted by Gasteiger charge is -2.12. The molecule has 2 heterocycles. The maximum atomic E-state index is 12.6. The molecule has 136 valence electrons. The van der Waals surface area contributed by atoms with E-state index in [1.54, 1.807) is 6.07 Å². The van der Waals surface area contributed by atoms with Crippen molar-refractivity contribution < 1.29 is 17.9 Å². The van der Waals surface area contributed by atoms with E-state index in [9.17, 15) is 13.2 Å². The summed E-state index contributed by atoms with van der Waals surface area (Å²) >= 11 is 0. The number of alkyl halides is 3. The van der Waals surface area contributed by atoms with Gasteiger partial charge in [-0.1, -0.05) is 30.3 Å². The third-order valence-electron chi connectivity index (χ3n) is 4.02. The van der Waals surface area contributed by atoms with Gasteiger partial charge in [-0.3, -0.25) is 0 Å². The highest BCUT2D eigenvalue weighted by atomic mass is 19.4. The van der Waals surface area contributed by atoms with E-state index in [2.05, 4.69) is 24.9 Å². The van der Waals surface area contributed by atoms with Gasteiger partial charge in [0.2, 0.25) is 0 Å². The van der Waals surface area contributed by atoms with E-state index in [4.69, 9.17) is 0 Å². The predicted octanol–water partition coefficient (Wildman–Crippen LogP) is 4.51. The number of para-hydroxylation sites is 2. The van der Waals surface area contributed by atoms with E-state index in [0.717, 1.165) is 16.5 Å². The van der Waals surface area contributed by atoms with Gasteiger partial charge in [-0.2, -0.15) is 0 Å². The molecule has 2 aromatic carbocycles. The average molecular weight is 370 g/mol. The molecule has 4 aromatic rings. The van der Waals surface area contributed by atoms with Crippen molar-refractivity contribution in [2.45, 2.75) is 12.8 Å². The van der Waals surface area contributed by atoms with Crippen LogP contribution in [0.25, 0.3) is 22.2 Å². The number of nitrogens with zero attached hydrogens (tertiary/aromatic N) is 3. The van der Waals surface area contributed by atoms with Gasteiger partial charge in [0.05, 0.1) is 6.20 Å². The Morgan fingerprint density at radius 2 is 1.74 bits per heavy atom. The fraction of sp³-hybridized carbons (Fsp3) is 0.105. The standard InChI is InChI=1S/C19H13F3N4O/c20-19(21,22)27-17-8-4-2-6-14(17)16-11-24-18(26-25-16)9-12-10-23-15-7-3-1-5-13(12)15/h1-8,10-11,23H,9H2. The minimum absolute atomic E-state index is 0.175. The number of fused-ring (bicyclic) bond motifs is 1. The van der Waals surface area contributed by atoms with Crippen molar-refractivity contribution in [1.82, 2.24) is 20.2 Å². The highest BCUT2D eigenvalue weighted by molar-refractivity contribution is 5.83. The molecular formula is C19H13F3N4O. The molecule has 0 aliphatic heterocycles. The number of nitrogens with one attached hydrogen (secondary N) is 1. The van der Waals surface area contributed by atoms with E-state index in [0.29, 0.717) is 12.2 Å². The van der Waals surface area contributed by atoms with Crippen LogP contribution in [0.5, 0.6) is 5.75 Å². The second kappa shape index (κ2) is 6.71. The quantitative estimate of drug-likeness (QED) is 0.574. The van der Waals surface area contributed by atoms with Gasteiger partial charge in [-0.05, 0) is 23.8 Å². The second-order valence-electron chi connectivity index (χ2n) is 5.84. The predicted molar refractivity (Wildman–Crippen MR) is 93.1 cm³/mol. The zero-order chi connectivity index (χ0) is 18.9. The number of hydrogen-bond acceptors (Lipinski definition) is 4. The fourth-order valence-electron chi connectivity index (χ4n) is 2.84. The molecule has 0 bridgehead atoms. The van der Waals surface area contributed by atoms with Crippen molar-refractivity contribution in [3.05, 3.63) is 72.3 Å². The van der Waals surface area contributed by atoms with Crippen molar-refractivity contribution in [3.8, 4) is 17.0 Å². The first-order valence-electron chi connectivity index (χ1n) is 8.08. The van der Waals surface area contributed by atoms with Crippen LogP contribution in [0.15, 0.2) is 60.9 Å². The molecule has 0 spiro atoms. The summed E-state index contributed by atoms with van der Waals surface area (Å²) < 4.78 is 41.7. The first-order chi connectivity index (χ1) is 13.0. The van der Waals surface area contributed by atoms with E-state index in [1.165, 1.54) is 24.4 Å². The van der Waals surface area contributed by atoms with Crippen LogP contribution in [0.3, 0.4) is 0 Å². The summed E-state index contributed by atoms with van der Waals surface area (Å²) in [6.45, 7) is 0. The van der Waals surface area contributed by atoms with Crippen molar-refractivity contribution in [2.24, 2.45) is 0 Å². The fourth-order valence-corrected chi connectivity index (χ4v) is 2.84. The molecule has 0 radical (unpaired) electrons. The van der Waals surface area contributed by atoms with Gasteiger partial charge < -0.3 is 9.72 Å². The minimum Gasteiger partial charge on any atom is -0.405 e. The molecule has 27 heavy (non-hydrogen) atoms. The Labute approximate surface area is 151 Å². The van der Waals surface area contributed by atoms with Crippen molar-refractivity contribution in [3.63, 3.8) is 0 Å². The van der Waals surface area contributed by atoms with Crippen molar-refractivity contribution in [2.75, 3.05) is 0 Å². The monoisotopic (exact) mass is 370 g/mol. The average Bonchev–Trinajstić information content (AvgIpc) is 3.05. The van der Waals surface area contributed by atoms with Crippen LogP contribution >= 0.6 is 0 Å². The van der Waals surface area contributed by atoms with E-state index in [-0.39, 0.29) is 17.0 Å². The molecule has 2 aromatic heterocycles. The van der Waals surface area contributed by atoms with Crippen LogP contribution in [0, 0.1) is 0 Å². The largest absolute Gasteiger partial charge is 0.573 e. The first kappa shape index (κ1) is 17.0. The van der Waals surface area contributed by atoms with E-state index >= 15 is 0 Å². The number of aromatic amines is 1. The Bertz CT molecular complexity index is 1070. The summed E-state index contributed by atoms with van der Waals surface area (Å²) in [5.41, 5.74) is 2.40. The lowest BCUT2D eigenvalue weighted by atomic mass is 10.1. The Hall–Kier alpha value is -3.42. The normalized spacial score (nSPS) is 11.7. The molecule has 1 N–H and O–H groups in total. The highest BCUT2D eigenvalue weighted by Gasteiger charge is 2.32. The summed E-state index contributed by atoms with van der Waals surface area (Å²) in [5.74, 6) is 0.128. The molecule has 0 atom stereocenters. The van der Waals surface area contributed by atoms with Gasteiger partial charge in [0.25, 0.3) is 0 Å². The second-order valence-corrected chi connectivity index (χ2v) is 5.84. The molecule has 0 saturated heterocycles. The van der Waals surface area contributed by atoms with Crippen molar-refractivity contribution >= 4 is 10.9 Å². The Morgan fingerprint density at radius 3 is 2.52 bits per heavy atom. The maximum absolute atomic E-state index is 12.6. The number of hydrogen-bond donors (Lipinski definition) is 1. The number of halogens is 3. The molecule has 0 saturated carbocycles. The molecule has 0 unspecified atom stereocenters. The molecule has 0 fully saturated rings. The van der Waals surface area contributed by atoms with Crippen molar-refractivity contribution in [1.29, 1.82) is 0 Å². The molecular weight excluding hydrogens is 357 g/mol. The third-order valence-corrected chi connectivity index (χ3v) is 4.02. The summed E-state index contributed by atoms with van der Waals surface area (Å²) in [6.07, 6.45) is -1.05. The Morgan fingerprint density at radius 1 is 0.963 bits per heavy atom. The molecule has 0 aliphatic carbocycles. The Kier molecular flexibility index (Phi) is 4.23. The molecule has 8 heteroatoms. The smallest absolute Gasteiger partial charge is 0.405 e. The molecule has 0 aliphatic rings. The van der Waals surface area contributed by atoms with Crippen LogP contribution in [-0.2, 0) is 6.42 Å². The van der Waals surface area contributed by atoms with Gasteiger partial charge in [0, 0.05) is 29.1 Å². The first-order valence-corrected chi connectivity index (χ1v) is 8.08. The lowest BCUT2D eigenvalue weighted by Crippen LogP contribution is -2.17. The number of ether oxygens (including phenoxy) is 1. The zero-order valence-corrected chi connectivity index (χ0v) is 13.9. The SMILES string of the molecule is FC(F)(F)Oc1ccccc1-c1cnc(Cc2c[nH]c3ccccc23)nn1. The van der Waals surface area contributed by atoms with Crippen LogP contribution in [0.2, 0.25) is 0 Å². The Balaban J connectivity index is 1.60. The zero-order valence-electron chi connectivity index (χ0n) is 13.9. The summed E-state index contributed by atoms with van der Waals surface area (Å²) in [6, 6.07) is 13.6. The lowest BCUT2D eigenvalue weighted by molar-refractivity contribution is -0.274. The number of benzene rings is 2. The van der Waals surface area contributed by atoms with E-state index < -0.39 is 6.36 Å². The van der Waals surface area contributed by atoms with Crippen LogP contribution in [0.4, 0.5) is 13.2 Å². The molecule has 4 rings (SSSR count). The number of H-pyrrole nitrogens is 1. The highest BCUT2D eigenvalue weighted by Crippen LogP contribution is 2.32. The third kappa shape index (κ3) is 3.74. The minimum atomic E-state index is -4.79. The summed E-state index contributed by atoms with van der Waals surface area (Å²) in [4.78, 5) is 7.43. The molecule has 0 amide bonds. The number of aromatic nitrogens is 4. The summed E-state index contributed by atoms with van der Waals surface area (Å²) in [7, 11) is 0. The topological polar surface area (TPSA) is 63.7 Å². The van der Waals surface area contributed by atoms with Crippen LogP contribution in [-0.4, -0.2) is 26.5 Å². The van der Waals surface area contributed by atoms with E-state index in [1.807, 2.05) is 30.5 Å². The molecule has 5 nitrogen and oxygen atoms in total. The van der Waals surface area contributed by atoms with Gasteiger partial charge in [0.1, 0.15) is 11.4 Å². The van der Waals surface area contributed by atoms with Gasteiger partial charge in [0.15, 0.2) is 5.82 Å². The van der Waals surface area contributed by atoms with Gasteiger partial charge in [-0.15, -0.1) is 23.4 Å². The summed E-state index contributed by atoms with van der Waals surface area (Å²) in [5, 5.41) is 9.16. The van der Waals surface area contributed by atoms with Gasteiger partial charge >= 0.3 is 6.36 Å². The van der Waals surface area contributed by atoms with Crippen LogP contribution in [0.1, 0.15) is 11.4 Å².